The Labute approximate surface area is 343 Å². The van der Waals surface area contributed by atoms with Gasteiger partial charge in [-0.2, -0.15) is 0 Å². The molecule has 2 heterocycles. The number of carbonyl (C=O) groups excluding carboxylic acids is 4. The van der Waals surface area contributed by atoms with Crippen LogP contribution in [0.3, 0.4) is 0 Å². The molecule has 1 amide bonds. The Hall–Kier alpha value is -2.16. The number of unbranched alkanes of at least 4 members (excludes halogenated alkanes) is 20. The van der Waals surface area contributed by atoms with Gasteiger partial charge in [0.05, 0.1) is 17.9 Å². The largest absolute Gasteiger partial charge is 0.461 e. The summed E-state index contributed by atoms with van der Waals surface area (Å²) in [6, 6.07) is -0.631. The predicted molar refractivity (Wildman–Crippen MR) is 227 cm³/mol. The molecule has 9 nitrogen and oxygen atoms in total. The highest BCUT2D eigenvalue weighted by Gasteiger charge is 2.43. The number of hydrogen-bond acceptors (Lipinski definition) is 8. The number of amides is 1. The minimum atomic E-state index is -0.631. The van der Waals surface area contributed by atoms with Gasteiger partial charge in [0.2, 0.25) is 6.41 Å². The van der Waals surface area contributed by atoms with E-state index in [1.54, 1.807) is 0 Å². The zero-order chi connectivity index (χ0) is 41.4. The van der Waals surface area contributed by atoms with E-state index in [1.807, 2.05) is 27.7 Å². The summed E-state index contributed by atoms with van der Waals surface area (Å²) >= 11 is 0. The van der Waals surface area contributed by atoms with E-state index in [0.29, 0.717) is 25.7 Å². The molecular weight excluding hydrogens is 707 g/mol. The van der Waals surface area contributed by atoms with Crippen LogP contribution in [-0.2, 0) is 33.4 Å². The van der Waals surface area contributed by atoms with Crippen molar-refractivity contribution in [2.24, 2.45) is 17.8 Å². The van der Waals surface area contributed by atoms with Gasteiger partial charge in [-0.25, -0.2) is 4.79 Å². The standard InChI is InChI=1S/C27H49NO5.C20H38O3/c1-5-7-8-9-10-11-12-13-14-15-16-17-22(19-25-23(6-2)26(30)33-25)32-27(31)24(28-20-29)18-21(3)4;1-3-5-6-7-8-9-10-11-12-13-14-15-17(21)16-19-18(4-2)20(22)23-19/h20-25H,5-19H2,1-4H3,(H,28,29);17-19,21H,3-16H2,1-2H3/t22-,23-,24-,25-;17-,18+,19+/m01/s1. The van der Waals surface area contributed by atoms with Crippen molar-refractivity contribution in [2.45, 2.75) is 258 Å². The molecule has 0 unspecified atom stereocenters. The monoisotopic (exact) mass is 794 g/mol. The van der Waals surface area contributed by atoms with Crippen LogP contribution in [0.4, 0.5) is 0 Å². The van der Waals surface area contributed by atoms with Gasteiger partial charge in [-0.1, -0.05) is 176 Å². The van der Waals surface area contributed by atoms with Crippen molar-refractivity contribution in [2.75, 3.05) is 0 Å². The summed E-state index contributed by atoms with van der Waals surface area (Å²) in [5.74, 6) is -0.424. The molecular formula is C47H87NO8. The maximum absolute atomic E-state index is 12.7. The highest BCUT2D eigenvalue weighted by molar-refractivity contribution is 5.79. The third kappa shape index (κ3) is 23.9. The molecule has 9 heteroatoms. The second-order valence-corrected chi connectivity index (χ2v) is 17.3. The summed E-state index contributed by atoms with van der Waals surface area (Å²) in [6.45, 7) is 12.5. The molecule has 2 fully saturated rings. The van der Waals surface area contributed by atoms with Gasteiger partial charge in [0.25, 0.3) is 0 Å². The van der Waals surface area contributed by atoms with Crippen LogP contribution in [0, 0.1) is 17.8 Å². The molecule has 0 saturated carbocycles. The van der Waals surface area contributed by atoms with Crippen LogP contribution in [0.25, 0.3) is 0 Å². The summed E-state index contributed by atoms with van der Waals surface area (Å²) < 4.78 is 16.3. The number of hydrogen-bond donors (Lipinski definition) is 2. The SMILES string of the molecule is CCCCCCCCCCCCC[C@@H](C[C@@H]1OC(=O)[C@H]1CC)OC(=O)[C@H](CC(C)C)NC=O.CCCCCCCCCCCCC[C@@H](O)C[C@@H]1OC(=O)[C@H]1CC. The van der Waals surface area contributed by atoms with Crippen molar-refractivity contribution in [1.82, 2.24) is 5.32 Å². The Balaban J connectivity index is 0.000000597. The molecule has 0 aromatic carbocycles. The molecule has 0 aliphatic carbocycles. The van der Waals surface area contributed by atoms with Crippen molar-refractivity contribution in [3.63, 3.8) is 0 Å². The number of ether oxygens (including phenoxy) is 3. The van der Waals surface area contributed by atoms with Crippen LogP contribution < -0.4 is 5.32 Å². The molecule has 2 saturated heterocycles. The first kappa shape index (κ1) is 51.9. The quantitative estimate of drug-likeness (QED) is 0.0278. The first-order chi connectivity index (χ1) is 27.1. The Kier molecular flexibility index (Phi) is 31.3. The lowest BCUT2D eigenvalue weighted by Gasteiger charge is -2.36. The fourth-order valence-corrected chi connectivity index (χ4v) is 8.06. The van der Waals surface area contributed by atoms with Gasteiger partial charge < -0.3 is 24.6 Å². The molecule has 0 radical (unpaired) electrons. The van der Waals surface area contributed by atoms with E-state index < -0.39 is 6.04 Å². The van der Waals surface area contributed by atoms with Gasteiger partial charge in [0, 0.05) is 12.8 Å². The van der Waals surface area contributed by atoms with Crippen molar-refractivity contribution in [3.05, 3.63) is 0 Å². The molecule has 0 spiro atoms. The van der Waals surface area contributed by atoms with E-state index in [2.05, 4.69) is 19.2 Å². The topological polar surface area (TPSA) is 128 Å². The Morgan fingerprint density at radius 2 is 1.04 bits per heavy atom. The number of aliphatic hydroxyl groups excluding tert-OH is 1. The van der Waals surface area contributed by atoms with Crippen LogP contribution in [0.1, 0.15) is 228 Å². The molecule has 0 aromatic heterocycles. The highest BCUT2D eigenvalue weighted by Crippen LogP contribution is 2.32. The second kappa shape index (κ2) is 33.8. The van der Waals surface area contributed by atoms with Gasteiger partial charge in [0.15, 0.2) is 0 Å². The Morgan fingerprint density at radius 1 is 0.643 bits per heavy atom. The van der Waals surface area contributed by atoms with E-state index in [9.17, 15) is 24.3 Å². The normalized spacial score (nSPS) is 20.4. The van der Waals surface area contributed by atoms with E-state index >= 15 is 0 Å². The minimum absolute atomic E-state index is 0.0296. The number of rotatable bonds is 36. The number of nitrogens with one attached hydrogen (secondary N) is 1. The van der Waals surface area contributed by atoms with Crippen LogP contribution >= 0.6 is 0 Å². The molecule has 2 N–H and O–H groups in total. The van der Waals surface area contributed by atoms with E-state index in [1.165, 1.54) is 122 Å². The van der Waals surface area contributed by atoms with Gasteiger partial charge in [0.1, 0.15) is 24.4 Å². The lowest BCUT2D eigenvalue weighted by atomic mass is 9.88. The summed E-state index contributed by atoms with van der Waals surface area (Å²) in [4.78, 5) is 46.6. The van der Waals surface area contributed by atoms with E-state index in [0.717, 1.165) is 44.9 Å². The van der Waals surface area contributed by atoms with Crippen LogP contribution in [-0.4, -0.2) is 59.9 Å². The van der Waals surface area contributed by atoms with E-state index in [4.69, 9.17) is 14.2 Å². The van der Waals surface area contributed by atoms with Gasteiger partial charge in [-0.3, -0.25) is 14.4 Å². The van der Waals surface area contributed by atoms with Gasteiger partial charge >= 0.3 is 17.9 Å². The smallest absolute Gasteiger partial charge is 0.328 e. The molecule has 2 rings (SSSR count). The summed E-state index contributed by atoms with van der Waals surface area (Å²) in [6.07, 6.45) is 33.2. The molecule has 56 heavy (non-hydrogen) atoms. The third-order valence-electron chi connectivity index (χ3n) is 11.7. The number of carbonyl (C=O) groups is 4. The van der Waals surface area contributed by atoms with Crippen LogP contribution in [0.15, 0.2) is 0 Å². The van der Waals surface area contributed by atoms with Gasteiger partial charge in [-0.15, -0.1) is 0 Å². The molecule has 328 valence electrons. The number of aliphatic hydroxyl groups is 1. The van der Waals surface area contributed by atoms with E-state index in [-0.39, 0.29) is 60.1 Å². The average Bonchev–Trinajstić information content (AvgIpc) is 3.15. The Bertz CT molecular complexity index is 1000. The fraction of sp³-hybridized carbons (Fsp3) is 0.915. The summed E-state index contributed by atoms with van der Waals surface area (Å²) in [7, 11) is 0. The third-order valence-corrected chi connectivity index (χ3v) is 11.7. The molecule has 0 bridgehead atoms. The summed E-state index contributed by atoms with van der Waals surface area (Å²) in [5, 5.41) is 12.6. The zero-order valence-electron chi connectivity index (χ0n) is 37.0. The first-order valence-electron chi connectivity index (χ1n) is 23.6. The maximum Gasteiger partial charge on any atom is 0.328 e. The number of cyclic esters (lactones) is 2. The van der Waals surface area contributed by atoms with Crippen molar-refractivity contribution in [1.29, 1.82) is 0 Å². The maximum atomic E-state index is 12.7. The van der Waals surface area contributed by atoms with Crippen LogP contribution in [0.5, 0.6) is 0 Å². The van der Waals surface area contributed by atoms with Gasteiger partial charge in [-0.05, 0) is 44.4 Å². The average molecular weight is 794 g/mol. The second-order valence-electron chi connectivity index (χ2n) is 17.3. The predicted octanol–water partition coefficient (Wildman–Crippen LogP) is 11.5. The highest BCUT2D eigenvalue weighted by atomic mass is 16.6. The lowest BCUT2D eigenvalue weighted by molar-refractivity contribution is -0.190. The Morgan fingerprint density at radius 3 is 1.41 bits per heavy atom. The lowest BCUT2D eigenvalue weighted by Crippen LogP contribution is -2.47. The van der Waals surface area contributed by atoms with Crippen molar-refractivity contribution < 1.29 is 38.5 Å². The first-order valence-corrected chi connectivity index (χ1v) is 23.6. The van der Waals surface area contributed by atoms with Crippen LogP contribution in [0.2, 0.25) is 0 Å². The zero-order valence-corrected chi connectivity index (χ0v) is 37.0. The fourth-order valence-electron chi connectivity index (χ4n) is 8.06. The molecule has 2 aliphatic heterocycles. The molecule has 2 aliphatic rings. The van der Waals surface area contributed by atoms with Crippen molar-refractivity contribution >= 4 is 24.3 Å². The minimum Gasteiger partial charge on any atom is -0.461 e. The van der Waals surface area contributed by atoms with Crippen molar-refractivity contribution in [3.8, 4) is 0 Å². The molecule has 0 aromatic rings. The molecule has 7 atom stereocenters. The summed E-state index contributed by atoms with van der Waals surface area (Å²) in [5.41, 5.74) is 0. The number of esters is 3.